The number of hydrogen-bond acceptors (Lipinski definition) is 4. The monoisotopic (exact) mass is 314 g/mol. The fourth-order valence-electron chi connectivity index (χ4n) is 2.08. The Bertz CT molecular complexity index is 342. The summed E-state index contributed by atoms with van der Waals surface area (Å²) in [5.41, 5.74) is 0. The molecule has 22 heavy (non-hydrogen) atoms. The zero-order chi connectivity index (χ0) is 16.2. The van der Waals surface area contributed by atoms with Gasteiger partial charge < -0.3 is 25.4 Å². The van der Waals surface area contributed by atoms with Crippen LogP contribution in [-0.4, -0.2) is 64.0 Å². The van der Waals surface area contributed by atoms with E-state index in [1.54, 1.807) is 7.05 Å². The third-order valence-electron chi connectivity index (χ3n) is 3.17. The van der Waals surface area contributed by atoms with Gasteiger partial charge in [0.05, 0.1) is 12.7 Å². The van der Waals surface area contributed by atoms with Crippen LogP contribution in [0.15, 0.2) is 4.99 Å². The summed E-state index contributed by atoms with van der Waals surface area (Å²) in [4.78, 5) is 15.6. The average Bonchev–Trinajstić information content (AvgIpc) is 2.97. The molecule has 1 fully saturated rings. The van der Waals surface area contributed by atoms with Gasteiger partial charge in [0.1, 0.15) is 0 Å². The van der Waals surface area contributed by atoms with Crippen LogP contribution in [0, 0.1) is 0 Å². The van der Waals surface area contributed by atoms with E-state index in [4.69, 9.17) is 9.47 Å². The summed E-state index contributed by atoms with van der Waals surface area (Å²) in [6.45, 7) is 7.49. The first-order chi connectivity index (χ1) is 10.6. The highest BCUT2D eigenvalue weighted by atomic mass is 16.5. The molecule has 0 aromatic heterocycles. The summed E-state index contributed by atoms with van der Waals surface area (Å²) in [5, 5.41) is 9.18. The van der Waals surface area contributed by atoms with Crippen molar-refractivity contribution in [1.82, 2.24) is 16.0 Å². The molecule has 128 valence electrons. The zero-order valence-electron chi connectivity index (χ0n) is 14.0. The van der Waals surface area contributed by atoms with Gasteiger partial charge in [-0.15, -0.1) is 0 Å². The Morgan fingerprint density at radius 3 is 2.77 bits per heavy atom. The SMILES string of the molecule is CN=C(NCCCOC1CCOC1)NCCC(=O)NC(C)C. The van der Waals surface area contributed by atoms with E-state index in [9.17, 15) is 4.79 Å². The molecule has 0 bridgehead atoms. The summed E-state index contributed by atoms with van der Waals surface area (Å²) >= 11 is 0. The molecule has 0 spiro atoms. The lowest BCUT2D eigenvalue weighted by molar-refractivity contribution is -0.121. The molecule has 1 atom stereocenters. The van der Waals surface area contributed by atoms with E-state index < -0.39 is 0 Å². The van der Waals surface area contributed by atoms with Crippen molar-refractivity contribution in [2.75, 3.05) is 40.0 Å². The molecule has 1 saturated heterocycles. The maximum atomic E-state index is 11.5. The van der Waals surface area contributed by atoms with E-state index in [1.807, 2.05) is 13.8 Å². The van der Waals surface area contributed by atoms with E-state index in [0.29, 0.717) is 18.9 Å². The van der Waals surface area contributed by atoms with Gasteiger partial charge in [0, 0.05) is 45.8 Å². The van der Waals surface area contributed by atoms with Gasteiger partial charge in [-0.3, -0.25) is 9.79 Å². The molecule has 7 nitrogen and oxygen atoms in total. The molecular formula is C15H30N4O3. The Kier molecular flexibility index (Phi) is 9.57. The summed E-state index contributed by atoms with van der Waals surface area (Å²) < 4.78 is 10.9. The van der Waals surface area contributed by atoms with E-state index in [2.05, 4.69) is 20.9 Å². The van der Waals surface area contributed by atoms with Crippen LogP contribution in [0.25, 0.3) is 0 Å². The summed E-state index contributed by atoms with van der Waals surface area (Å²) in [6, 6.07) is 0.176. The number of rotatable bonds is 9. The fourth-order valence-corrected chi connectivity index (χ4v) is 2.08. The highest BCUT2D eigenvalue weighted by Crippen LogP contribution is 2.07. The average molecular weight is 314 g/mol. The Balaban J connectivity index is 2.01. The van der Waals surface area contributed by atoms with Gasteiger partial charge in [0.15, 0.2) is 5.96 Å². The molecule has 1 aliphatic heterocycles. The van der Waals surface area contributed by atoms with Crippen LogP contribution in [0.2, 0.25) is 0 Å². The molecule has 0 aromatic rings. The first-order valence-corrected chi connectivity index (χ1v) is 8.05. The number of aliphatic imine (C=N–C) groups is 1. The molecule has 0 aliphatic carbocycles. The lowest BCUT2D eigenvalue weighted by Crippen LogP contribution is -2.40. The zero-order valence-corrected chi connectivity index (χ0v) is 14.0. The molecule has 3 N–H and O–H groups in total. The maximum absolute atomic E-state index is 11.5. The van der Waals surface area contributed by atoms with Crippen molar-refractivity contribution in [1.29, 1.82) is 0 Å². The number of amides is 1. The van der Waals surface area contributed by atoms with Crippen LogP contribution in [0.4, 0.5) is 0 Å². The fraction of sp³-hybridized carbons (Fsp3) is 0.867. The highest BCUT2D eigenvalue weighted by molar-refractivity contribution is 5.81. The van der Waals surface area contributed by atoms with Gasteiger partial charge in [-0.05, 0) is 26.7 Å². The molecule has 0 aromatic carbocycles. The second kappa shape index (κ2) is 11.3. The second-order valence-electron chi connectivity index (χ2n) is 5.61. The van der Waals surface area contributed by atoms with Crippen molar-refractivity contribution in [3.05, 3.63) is 0 Å². The first-order valence-electron chi connectivity index (χ1n) is 8.05. The molecule has 1 amide bonds. The van der Waals surface area contributed by atoms with Crippen LogP contribution in [0.1, 0.15) is 33.1 Å². The van der Waals surface area contributed by atoms with Gasteiger partial charge in [-0.2, -0.15) is 0 Å². The number of carbonyl (C=O) groups excluding carboxylic acids is 1. The topological polar surface area (TPSA) is 84.0 Å². The lowest BCUT2D eigenvalue weighted by Gasteiger charge is -2.13. The number of carbonyl (C=O) groups is 1. The molecule has 0 radical (unpaired) electrons. The van der Waals surface area contributed by atoms with Crippen LogP contribution in [-0.2, 0) is 14.3 Å². The van der Waals surface area contributed by atoms with Crippen LogP contribution < -0.4 is 16.0 Å². The van der Waals surface area contributed by atoms with Gasteiger partial charge in [-0.25, -0.2) is 0 Å². The number of guanidine groups is 1. The molecule has 1 unspecified atom stereocenters. The minimum absolute atomic E-state index is 0.0464. The number of nitrogens with zero attached hydrogens (tertiary/aromatic N) is 1. The third kappa shape index (κ3) is 8.84. The number of hydrogen-bond donors (Lipinski definition) is 3. The summed E-state index contributed by atoms with van der Waals surface area (Å²) in [7, 11) is 1.72. The quantitative estimate of drug-likeness (QED) is 0.323. The molecule has 1 rings (SSSR count). The Morgan fingerprint density at radius 2 is 2.14 bits per heavy atom. The lowest BCUT2D eigenvalue weighted by atomic mass is 10.3. The van der Waals surface area contributed by atoms with Crippen molar-refractivity contribution in [3.8, 4) is 0 Å². The largest absolute Gasteiger partial charge is 0.379 e. The van der Waals surface area contributed by atoms with E-state index in [0.717, 1.165) is 39.2 Å². The van der Waals surface area contributed by atoms with Crippen LogP contribution in [0.3, 0.4) is 0 Å². The highest BCUT2D eigenvalue weighted by Gasteiger charge is 2.15. The van der Waals surface area contributed by atoms with Crippen molar-refractivity contribution >= 4 is 11.9 Å². The molecule has 0 saturated carbocycles. The normalized spacial score (nSPS) is 18.5. The third-order valence-corrected chi connectivity index (χ3v) is 3.17. The van der Waals surface area contributed by atoms with E-state index >= 15 is 0 Å². The Morgan fingerprint density at radius 1 is 1.36 bits per heavy atom. The molecule has 1 aliphatic rings. The number of ether oxygens (including phenoxy) is 2. The first kappa shape index (κ1) is 18.7. The molecule has 7 heteroatoms. The summed E-state index contributed by atoms with van der Waals surface area (Å²) in [5.74, 6) is 0.756. The van der Waals surface area contributed by atoms with Gasteiger partial charge in [0.25, 0.3) is 0 Å². The van der Waals surface area contributed by atoms with Gasteiger partial charge in [-0.1, -0.05) is 0 Å². The Labute approximate surface area is 133 Å². The Hall–Kier alpha value is -1.34. The summed E-state index contributed by atoms with van der Waals surface area (Å²) in [6.07, 6.45) is 2.60. The predicted octanol–water partition coefficient (Wildman–Crippen LogP) is 0.262. The smallest absolute Gasteiger partial charge is 0.221 e. The minimum Gasteiger partial charge on any atom is -0.379 e. The van der Waals surface area contributed by atoms with Crippen molar-refractivity contribution in [2.45, 2.75) is 45.3 Å². The minimum atomic E-state index is 0.0464. The standard InChI is InChI=1S/C15H30N4O3/c1-12(2)19-14(20)5-8-18-15(16-3)17-7-4-9-22-13-6-10-21-11-13/h12-13H,4-11H2,1-3H3,(H,19,20)(H2,16,17,18). The maximum Gasteiger partial charge on any atom is 0.221 e. The van der Waals surface area contributed by atoms with Crippen molar-refractivity contribution < 1.29 is 14.3 Å². The van der Waals surface area contributed by atoms with E-state index in [1.165, 1.54) is 0 Å². The second-order valence-corrected chi connectivity index (χ2v) is 5.61. The van der Waals surface area contributed by atoms with Crippen LogP contribution >= 0.6 is 0 Å². The van der Waals surface area contributed by atoms with Crippen LogP contribution in [0.5, 0.6) is 0 Å². The van der Waals surface area contributed by atoms with Crippen molar-refractivity contribution in [3.63, 3.8) is 0 Å². The van der Waals surface area contributed by atoms with E-state index in [-0.39, 0.29) is 18.1 Å². The molecule has 1 heterocycles. The van der Waals surface area contributed by atoms with Gasteiger partial charge >= 0.3 is 0 Å². The number of nitrogens with one attached hydrogen (secondary N) is 3. The van der Waals surface area contributed by atoms with Crippen molar-refractivity contribution in [2.24, 2.45) is 4.99 Å². The van der Waals surface area contributed by atoms with Gasteiger partial charge in [0.2, 0.25) is 5.91 Å². The molecular weight excluding hydrogens is 284 g/mol. The predicted molar refractivity (Wildman–Crippen MR) is 87.1 cm³/mol.